The molecule has 0 aliphatic heterocycles. The van der Waals surface area contributed by atoms with Crippen molar-refractivity contribution in [2.24, 2.45) is 0 Å². The molecule has 0 saturated heterocycles. The van der Waals surface area contributed by atoms with Crippen molar-refractivity contribution < 1.29 is 15.0 Å². The number of aromatic nitrogens is 1. The molecule has 1 aromatic heterocycles. The van der Waals surface area contributed by atoms with Gasteiger partial charge in [-0.15, -0.1) is 11.3 Å². The van der Waals surface area contributed by atoms with Gasteiger partial charge in [0.25, 0.3) is 0 Å². The van der Waals surface area contributed by atoms with E-state index in [0.717, 1.165) is 22.8 Å². The zero-order chi connectivity index (χ0) is 18.4. The summed E-state index contributed by atoms with van der Waals surface area (Å²) in [5, 5.41) is 23.7. The molecule has 1 aromatic carbocycles. The molecule has 25 heavy (non-hydrogen) atoms. The molecule has 0 radical (unpaired) electrons. The van der Waals surface area contributed by atoms with Gasteiger partial charge >= 0.3 is 5.97 Å². The van der Waals surface area contributed by atoms with E-state index < -0.39 is 12.1 Å². The predicted molar refractivity (Wildman–Crippen MR) is 99.5 cm³/mol. The highest BCUT2D eigenvalue weighted by molar-refractivity contribution is 7.12. The first-order chi connectivity index (χ1) is 11.6. The molecule has 0 fully saturated rings. The van der Waals surface area contributed by atoms with Crippen LogP contribution in [-0.4, -0.2) is 27.3 Å². The second-order valence-corrected chi connectivity index (χ2v) is 8.93. The number of thiazole rings is 1. The number of aliphatic hydroxyl groups excluding tert-OH is 1. The lowest BCUT2D eigenvalue weighted by molar-refractivity contribution is 0.0574. The molecule has 1 atom stereocenters. The van der Waals surface area contributed by atoms with Crippen LogP contribution in [0.25, 0.3) is 0 Å². The fourth-order valence-corrected chi connectivity index (χ4v) is 4.51. The molecule has 2 aromatic rings. The van der Waals surface area contributed by atoms with E-state index in [1.54, 1.807) is 35.6 Å². The summed E-state index contributed by atoms with van der Waals surface area (Å²) in [7, 11) is 0. The maximum Gasteiger partial charge on any atom is 0.335 e. The Bertz CT molecular complexity index is 794. The first-order valence-electron chi connectivity index (χ1n) is 8.37. The van der Waals surface area contributed by atoms with Crippen LogP contribution < -0.4 is 5.32 Å². The fraction of sp³-hybridized carbons (Fsp3) is 0.474. The van der Waals surface area contributed by atoms with E-state index in [2.05, 4.69) is 19.2 Å². The lowest BCUT2D eigenvalue weighted by Crippen LogP contribution is -2.44. The lowest BCUT2D eigenvalue weighted by Gasteiger charge is -2.41. The predicted octanol–water partition coefficient (Wildman–Crippen LogP) is 3.77. The molecule has 0 spiro atoms. The number of nitrogens with one attached hydrogen (secondary N) is 1. The Morgan fingerprint density at radius 3 is 2.52 bits per heavy atom. The van der Waals surface area contributed by atoms with Crippen LogP contribution in [0.5, 0.6) is 0 Å². The van der Waals surface area contributed by atoms with Crippen molar-refractivity contribution >= 4 is 23.0 Å². The quantitative estimate of drug-likeness (QED) is 0.773. The summed E-state index contributed by atoms with van der Waals surface area (Å²) in [5.41, 5.74) is 1.70. The van der Waals surface area contributed by atoms with E-state index in [4.69, 9.17) is 10.1 Å². The number of carboxylic acid groups (broad SMARTS) is 1. The Labute approximate surface area is 151 Å². The zero-order valence-corrected chi connectivity index (χ0v) is 15.8. The lowest BCUT2D eigenvalue weighted by atomic mass is 9.67. The Kier molecular flexibility index (Phi) is 4.37. The second-order valence-electron chi connectivity index (χ2n) is 7.85. The van der Waals surface area contributed by atoms with Crippen LogP contribution in [0.1, 0.15) is 60.1 Å². The van der Waals surface area contributed by atoms with Gasteiger partial charge in [-0.3, -0.25) is 0 Å². The Morgan fingerprint density at radius 1 is 1.28 bits per heavy atom. The number of anilines is 1. The topological polar surface area (TPSA) is 82.5 Å². The summed E-state index contributed by atoms with van der Waals surface area (Å²) < 4.78 is 0. The molecular formula is C19H24N2O3S. The third-order valence-electron chi connectivity index (χ3n) is 5.01. The van der Waals surface area contributed by atoms with Crippen LogP contribution in [0.2, 0.25) is 0 Å². The molecule has 1 unspecified atom stereocenters. The highest BCUT2D eigenvalue weighted by Crippen LogP contribution is 2.48. The number of nitrogens with zero attached hydrogens (tertiary/aromatic N) is 1. The molecule has 3 N–H and O–H groups in total. The molecule has 0 amide bonds. The SMILES string of the molecule is CC1(C)CC(O)C(C)(C)c2nc(CNc3ccc(C(=O)O)cc3)sc21. The van der Waals surface area contributed by atoms with E-state index in [9.17, 15) is 9.90 Å². The normalized spacial score (nSPS) is 20.8. The summed E-state index contributed by atoms with van der Waals surface area (Å²) in [5.74, 6) is -0.929. The van der Waals surface area contributed by atoms with Gasteiger partial charge in [-0.25, -0.2) is 9.78 Å². The summed E-state index contributed by atoms with van der Waals surface area (Å²) in [4.78, 5) is 17.0. The molecular weight excluding hydrogens is 336 g/mol. The monoisotopic (exact) mass is 360 g/mol. The number of carboxylic acids is 1. The highest BCUT2D eigenvalue weighted by Gasteiger charge is 2.46. The molecule has 6 heteroatoms. The van der Waals surface area contributed by atoms with Crippen molar-refractivity contribution in [3.63, 3.8) is 0 Å². The molecule has 0 saturated carbocycles. The Balaban J connectivity index is 1.80. The van der Waals surface area contributed by atoms with Crippen molar-refractivity contribution in [2.45, 2.75) is 57.6 Å². The van der Waals surface area contributed by atoms with Gasteiger partial charge in [-0.2, -0.15) is 0 Å². The van der Waals surface area contributed by atoms with Gasteiger partial charge in [0.1, 0.15) is 5.01 Å². The molecule has 1 heterocycles. The standard InChI is InChI=1S/C19H24N2O3S/c1-18(2)9-13(22)19(3,4)15-16(18)25-14(21-15)10-20-12-7-5-11(6-8-12)17(23)24/h5-8,13,20,22H,9-10H2,1-4H3,(H,23,24). The fourth-order valence-electron chi connectivity index (χ4n) is 3.23. The van der Waals surface area contributed by atoms with E-state index in [1.807, 2.05) is 13.8 Å². The van der Waals surface area contributed by atoms with E-state index in [0.29, 0.717) is 6.54 Å². The van der Waals surface area contributed by atoms with Crippen LogP contribution in [0, 0.1) is 0 Å². The number of rotatable bonds is 4. The third-order valence-corrected chi connectivity index (χ3v) is 6.43. The average Bonchev–Trinajstić information content (AvgIpc) is 2.98. The van der Waals surface area contributed by atoms with Crippen molar-refractivity contribution in [2.75, 3.05) is 5.32 Å². The maximum atomic E-state index is 10.9. The molecule has 134 valence electrons. The van der Waals surface area contributed by atoms with Gasteiger partial charge < -0.3 is 15.5 Å². The number of aromatic carboxylic acids is 1. The number of hydrogen-bond acceptors (Lipinski definition) is 5. The highest BCUT2D eigenvalue weighted by atomic mass is 32.1. The van der Waals surface area contributed by atoms with Gasteiger partial charge in [0.05, 0.1) is 23.9 Å². The molecule has 1 aliphatic carbocycles. The van der Waals surface area contributed by atoms with Crippen LogP contribution in [0.4, 0.5) is 5.69 Å². The van der Waals surface area contributed by atoms with Gasteiger partial charge in [0.15, 0.2) is 0 Å². The van der Waals surface area contributed by atoms with Crippen LogP contribution >= 0.6 is 11.3 Å². The number of aliphatic hydroxyl groups is 1. The number of carbonyl (C=O) groups is 1. The van der Waals surface area contributed by atoms with Gasteiger partial charge in [-0.1, -0.05) is 27.7 Å². The van der Waals surface area contributed by atoms with E-state index in [1.165, 1.54) is 4.88 Å². The smallest absolute Gasteiger partial charge is 0.335 e. The van der Waals surface area contributed by atoms with Crippen molar-refractivity contribution in [3.05, 3.63) is 45.4 Å². The largest absolute Gasteiger partial charge is 0.478 e. The number of hydrogen-bond donors (Lipinski definition) is 3. The molecule has 3 rings (SSSR count). The van der Waals surface area contributed by atoms with Crippen LogP contribution in [0.15, 0.2) is 24.3 Å². The van der Waals surface area contributed by atoms with Gasteiger partial charge in [0.2, 0.25) is 0 Å². The minimum absolute atomic E-state index is 0.0800. The van der Waals surface area contributed by atoms with E-state index >= 15 is 0 Å². The summed E-state index contributed by atoms with van der Waals surface area (Å²) >= 11 is 1.70. The molecule has 1 aliphatic rings. The Hall–Kier alpha value is -1.92. The van der Waals surface area contributed by atoms with Crippen molar-refractivity contribution in [1.29, 1.82) is 0 Å². The van der Waals surface area contributed by atoms with Crippen molar-refractivity contribution in [1.82, 2.24) is 4.98 Å². The first-order valence-corrected chi connectivity index (χ1v) is 9.19. The number of benzene rings is 1. The molecule has 5 nitrogen and oxygen atoms in total. The Morgan fingerprint density at radius 2 is 1.92 bits per heavy atom. The second kappa shape index (κ2) is 6.11. The molecule has 0 bridgehead atoms. The maximum absolute atomic E-state index is 10.9. The van der Waals surface area contributed by atoms with Gasteiger partial charge in [0, 0.05) is 21.4 Å². The third kappa shape index (κ3) is 3.28. The summed E-state index contributed by atoms with van der Waals surface area (Å²) in [6.45, 7) is 8.99. The van der Waals surface area contributed by atoms with Crippen LogP contribution in [0.3, 0.4) is 0 Å². The van der Waals surface area contributed by atoms with Crippen molar-refractivity contribution in [3.8, 4) is 0 Å². The summed E-state index contributed by atoms with van der Waals surface area (Å²) in [6, 6.07) is 6.68. The average molecular weight is 360 g/mol. The van der Waals surface area contributed by atoms with Crippen LogP contribution in [-0.2, 0) is 17.4 Å². The summed E-state index contributed by atoms with van der Waals surface area (Å²) in [6.07, 6.45) is 0.333. The minimum Gasteiger partial charge on any atom is -0.478 e. The minimum atomic E-state index is -0.929. The van der Waals surface area contributed by atoms with E-state index in [-0.39, 0.29) is 16.4 Å². The van der Waals surface area contributed by atoms with Gasteiger partial charge in [-0.05, 0) is 30.7 Å². The zero-order valence-electron chi connectivity index (χ0n) is 15.0. The first kappa shape index (κ1) is 17.9. The number of fused-ring (bicyclic) bond motifs is 1.